The van der Waals surface area contributed by atoms with Crippen LogP contribution in [-0.2, 0) is 4.79 Å². The SMILES string of the molecule is CSCC[C@H](N)C(=O)NCCCN(C)c1ccccc1F. The Bertz CT molecular complexity index is 445. The van der Waals surface area contributed by atoms with Gasteiger partial charge in [-0.3, -0.25) is 4.79 Å². The van der Waals surface area contributed by atoms with Crippen LogP contribution >= 0.6 is 11.8 Å². The normalized spacial score (nSPS) is 12.0. The summed E-state index contributed by atoms with van der Waals surface area (Å²) in [5, 5.41) is 2.82. The summed E-state index contributed by atoms with van der Waals surface area (Å²) < 4.78 is 13.6. The number of nitrogens with two attached hydrogens (primary N) is 1. The van der Waals surface area contributed by atoms with Crippen LogP contribution in [0.15, 0.2) is 24.3 Å². The zero-order valence-corrected chi connectivity index (χ0v) is 13.5. The highest BCUT2D eigenvalue weighted by molar-refractivity contribution is 7.98. The lowest BCUT2D eigenvalue weighted by molar-refractivity contribution is -0.122. The Morgan fingerprint density at radius 1 is 1.48 bits per heavy atom. The summed E-state index contributed by atoms with van der Waals surface area (Å²) >= 11 is 1.68. The zero-order valence-electron chi connectivity index (χ0n) is 12.6. The van der Waals surface area contributed by atoms with Crippen LogP contribution in [0.2, 0.25) is 0 Å². The molecule has 0 aromatic heterocycles. The van der Waals surface area contributed by atoms with Gasteiger partial charge < -0.3 is 16.0 Å². The highest BCUT2D eigenvalue weighted by Crippen LogP contribution is 2.16. The third-order valence-corrected chi connectivity index (χ3v) is 3.85. The molecule has 1 atom stereocenters. The number of nitrogens with zero attached hydrogens (tertiary/aromatic N) is 1. The summed E-state index contributed by atoms with van der Waals surface area (Å²) in [5.41, 5.74) is 6.34. The molecule has 1 rings (SSSR count). The van der Waals surface area contributed by atoms with Crippen LogP contribution in [0.3, 0.4) is 0 Å². The lowest BCUT2D eigenvalue weighted by atomic mass is 10.2. The smallest absolute Gasteiger partial charge is 0.236 e. The number of hydrogen-bond acceptors (Lipinski definition) is 4. The fourth-order valence-corrected chi connectivity index (χ4v) is 2.41. The number of benzene rings is 1. The molecular formula is C15H24FN3OS. The summed E-state index contributed by atoms with van der Waals surface area (Å²) in [6, 6.07) is 6.22. The van der Waals surface area contributed by atoms with Crippen molar-refractivity contribution in [1.29, 1.82) is 0 Å². The minimum atomic E-state index is -0.443. The molecule has 0 aliphatic carbocycles. The van der Waals surface area contributed by atoms with E-state index in [1.54, 1.807) is 30.0 Å². The van der Waals surface area contributed by atoms with E-state index in [9.17, 15) is 9.18 Å². The second-order valence-electron chi connectivity index (χ2n) is 4.91. The van der Waals surface area contributed by atoms with Crippen molar-refractivity contribution in [1.82, 2.24) is 5.32 Å². The largest absolute Gasteiger partial charge is 0.372 e. The fourth-order valence-electron chi connectivity index (χ4n) is 1.92. The van der Waals surface area contributed by atoms with Gasteiger partial charge in [0.15, 0.2) is 0 Å². The lowest BCUT2D eigenvalue weighted by Crippen LogP contribution is -2.41. The molecule has 0 aliphatic heterocycles. The fraction of sp³-hybridized carbons (Fsp3) is 0.533. The predicted molar refractivity (Wildman–Crippen MR) is 88.3 cm³/mol. The van der Waals surface area contributed by atoms with E-state index in [1.165, 1.54) is 6.07 Å². The number of carbonyl (C=O) groups is 1. The van der Waals surface area contributed by atoms with Gasteiger partial charge in [0.05, 0.1) is 11.7 Å². The number of carbonyl (C=O) groups excluding carboxylic acids is 1. The molecule has 0 spiro atoms. The van der Waals surface area contributed by atoms with E-state index in [2.05, 4.69) is 5.32 Å². The molecule has 0 fully saturated rings. The molecule has 118 valence electrons. The van der Waals surface area contributed by atoms with Crippen LogP contribution in [0, 0.1) is 5.82 Å². The van der Waals surface area contributed by atoms with Gasteiger partial charge in [-0.15, -0.1) is 0 Å². The summed E-state index contributed by atoms with van der Waals surface area (Å²) in [5.74, 6) is 0.533. The molecule has 0 saturated carbocycles. The highest BCUT2D eigenvalue weighted by Gasteiger charge is 2.12. The van der Waals surface area contributed by atoms with Gasteiger partial charge in [-0.1, -0.05) is 12.1 Å². The number of rotatable bonds is 9. The van der Waals surface area contributed by atoms with Gasteiger partial charge in [0.25, 0.3) is 0 Å². The molecule has 1 aromatic rings. The highest BCUT2D eigenvalue weighted by atomic mass is 32.2. The molecule has 6 heteroatoms. The first-order chi connectivity index (χ1) is 10.1. The quantitative estimate of drug-likeness (QED) is 0.683. The molecule has 4 nitrogen and oxygen atoms in total. The van der Waals surface area contributed by atoms with Crippen LogP contribution in [0.5, 0.6) is 0 Å². The number of halogens is 1. The van der Waals surface area contributed by atoms with Crippen molar-refractivity contribution in [3.05, 3.63) is 30.1 Å². The average molecular weight is 313 g/mol. The number of anilines is 1. The summed E-state index contributed by atoms with van der Waals surface area (Å²) in [7, 11) is 1.84. The molecule has 0 bridgehead atoms. The van der Waals surface area contributed by atoms with Crippen LogP contribution in [0.4, 0.5) is 10.1 Å². The Hall–Kier alpha value is -1.27. The Labute approximate surface area is 130 Å². The standard InChI is InChI=1S/C15H24FN3OS/c1-19(14-7-4-3-6-12(14)16)10-5-9-18-15(20)13(17)8-11-21-2/h3-4,6-7,13H,5,8-11,17H2,1-2H3,(H,18,20)/t13-/m0/s1. The van der Waals surface area contributed by atoms with E-state index in [0.717, 1.165) is 12.2 Å². The summed E-state index contributed by atoms with van der Waals surface area (Å²) in [6.07, 6.45) is 3.41. The summed E-state index contributed by atoms with van der Waals surface area (Å²) in [4.78, 5) is 13.5. The number of nitrogens with one attached hydrogen (secondary N) is 1. The molecule has 0 saturated heterocycles. The zero-order chi connectivity index (χ0) is 15.7. The first kappa shape index (κ1) is 17.8. The Balaban J connectivity index is 2.25. The Kier molecular flexibility index (Phi) is 8.15. The van der Waals surface area contributed by atoms with E-state index < -0.39 is 6.04 Å². The Morgan fingerprint density at radius 3 is 2.86 bits per heavy atom. The van der Waals surface area contributed by atoms with Gasteiger partial charge in [0.2, 0.25) is 5.91 Å². The van der Waals surface area contributed by atoms with E-state index in [0.29, 0.717) is 25.2 Å². The molecule has 3 N–H and O–H groups in total. The second kappa shape index (κ2) is 9.63. The van der Waals surface area contributed by atoms with Crippen LogP contribution in [0.25, 0.3) is 0 Å². The van der Waals surface area contributed by atoms with Crippen molar-refractivity contribution in [2.24, 2.45) is 5.73 Å². The Morgan fingerprint density at radius 2 is 2.19 bits per heavy atom. The maximum absolute atomic E-state index is 13.6. The maximum Gasteiger partial charge on any atom is 0.236 e. The molecule has 0 radical (unpaired) electrons. The van der Waals surface area contributed by atoms with Gasteiger partial charge in [-0.05, 0) is 37.0 Å². The first-order valence-electron chi connectivity index (χ1n) is 7.04. The minimum Gasteiger partial charge on any atom is -0.372 e. The minimum absolute atomic E-state index is 0.113. The van der Waals surface area contributed by atoms with Gasteiger partial charge >= 0.3 is 0 Å². The van der Waals surface area contributed by atoms with Gasteiger partial charge in [0, 0.05) is 20.1 Å². The molecule has 0 heterocycles. The number of amides is 1. The monoisotopic (exact) mass is 313 g/mol. The van der Waals surface area contributed by atoms with Crippen molar-refractivity contribution in [3.63, 3.8) is 0 Å². The van der Waals surface area contributed by atoms with E-state index in [4.69, 9.17) is 5.73 Å². The second-order valence-corrected chi connectivity index (χ2v) is 5.89. The van der Waals surface area contributed by atoms with E-state index in [1.807, 2.05) is 18.2 Å². The third kappa shape index (κ3) is 6.35. The van der Waals surface area contributed by atoms with Gasteiger partial charge in [0.1, 0.15) is 5.82 Å². The van der Waals surface area contributed by atoms with Crippen molar-refractivity contribution in [3.8, 4) is 0 Å². The molecule has 1 aromatic carbocycles. The van der Waals surface area contributed by atoms with E-state index >= 15 is 0 Å². The molecule has 1 amide bonds. The molecule has 0 unspecified atom stereocenters. The topological polar surface area (TPSA) is 58.4 Å². The number of hydrogen-bond donors (Lipinski definition) is 2. The van der Waals surface area contributed by atoms with Crippen molar-refractivity contribution >= 4 is 23.4 Å². The van der Waals surface area contributed by atoms with Crippen LogP contribution < -0.4 is 16.0 Å². The maximum atomic E-state index is 13.6. The molecule has 0 aliphatic rings. The van der Waals surface area contributed by atoms with Gasteiger partial charge in [-0.2, -0.15) is 11.8 Å². The van der Waals surface area contributed by atoms with Crippen molar-refractivity contribution in [2.75, 3.05) is 37.0 Å². The van der Waals surface area contributed by atoms with Crippen molar-refractivity contribution in [2.45, 2.75) is 18.9 Å². The first-order valence-corrected chi connectivity index (χ1v) is 8.43. The lowest BCUT2D eigenvalue weighted by Gasteiger charge is -2.20. The molecule has 21 heavy (non-hydrogen) atoms. The molecular weight excluding hydrogens is 289 g/mol. The van der Waals surface area contributed by atoms with Gasteiger partial charge in [-0.25, -0.2) is 4.39 Å². The van der Waals surface area contributed by atoms with Crippen LogP contribution in [-0.4, -0.2) is 44.1 Å². The number of para-hydroxylation sites is 1. The summed E-state index contributed by atoms with van der Waals surface area (Å²) in [6.45, 7) is 1.21. The number of thioether (sulfide) groups is 1. The van der Waals surface area contributed by atoms with Crippen LogP contribution in [0.1, 0.15) is 12.8 Å². The van der Waals surface area contributed by atoms with Crippen molar-refractivity contribution < 1.29 is 9.18 Å². The van der Waals surface area contributed by atoms with E-state index in [-0.39, 0.29) is 11.7 Å². The predicted octanol–water partition coefficient (Wildman–Crippen LogP) is 1.85. The third-order valence-electron chi connectivity index (χ3n) is 3.20. The average Bonchev–Trinajstić information content (AvgIpc) is 2.49.